The van der Waals surface area contributed by atoms with Crippen molar-refractivity contribution in [2.24, 2.45) is 0 Å². The average molecular weight is 150 g/mol. The van der Waals surface area contributed by atoms with Gasteiger partial charge in [0.25, 0.3) is 0 Å². The molecule has 0 N–H and O–H groups in total. The Morgan fingerprint density at radius 2 is 1.91 bits per heavy atom. The Balaban J connectivity index is 2.84. The van der Waals surface area contributed by atoms with Crippen LogP contribution in [0.25, 0.3) is 0 Å². The van der Waals surface area contributed by atoms with Crippen LogP contribution in [0.1, 0.15) is 25.7 Å². The van der Waals surface area contributed by atoms with Gasteiger partial charge in [0.1, 0.15) is 0 Å². The van der Waals surface area contributed by atoms with Crippen molar-refractivity contribution in [2.45, 2.75) is 25.7 Å². The minimum absolute atomic E-state index is 0.976. The summed E-state index contributed by atoms with van der Waals surface area (Å²) in [5.74, 6) is 0. The Morgan fingerprint density at radius 1 is 1.27 bits per heavy atom. The highest BCUT2D eigenvalue weighted by molar-refractivity contribution is 5.28. The maximum Gasteiger partial charge on any atom is 0.0965 e. The summed E-state index contributed by atoms with van der Waals surface area (Å²) in [4.78, 5) is 2.07. The number of hydrogen-bond acceptors (Lipinski definition) is 2. The number of hydrogen-bond donors (Lipinski definition) is 0. The Labute approximate surface area is 68.1 Å². The highest BCUT2D eigenvalue weighted by Gasteiger charge is 2.12. The van der Waals surface area contributed by atoms with Crippen LogP contribution in [0.2, 0.25) is 0 Å². The van der Waals surface area contributed by atoms with Crippen LogP contribution in [-0.2, 0) is 0 Å². The van der Waals surface area contributed by atoms with Crippen LogP contribution < -0.4 is 0 Å². The van der Waals surface area contributed by atoms with E-state index in [1.807, 2.05) is 14.1 Å². The first kappa shape index (κ1) is 8.13. The lowest BCUT2D eigenvalue weighted by molar-refractivity contribution is 0.454. The van der Waals surface area contributed by atoms with Gasteiger partial charge in [-0.3, -0.25) is 0 Å². The van der Waals surface area contributed by atoms with Gasteiger partial charge in [-0.2, -0.15) is 5.26 Å². The number of nitriles is 1. The molecular weight excluding hydrogens is 136 g/mol. The summed E-state index contributed by atoms with van der Waals surface area (Å²) in [7, 11) is 4.02. The zero-order chi connectivity index (χ0) is 8.27. The molecule has 11 heavy (non-hydrogen) atoms. The van der Waals surface area contributed by atoms with Crippen molar-refractivity contribution in [1.82, 2.24) is 4.90 Å². The van der Waals surface area contributed by atoms with Crippen molar-refractivity contribution in [2.75, 3.05) is 14.1 Å². The van der Waals surface area contributed by atoms with Gasteiger partial charge in [-0.05, 0) is 25.7 Å². The molecule has 60 valence electrons. The molecule has 0 heterocycles. The van der Waals surface area contributed by atoms with E-state index in [4.69, 9.17) is 5.26 Å². The van der Waals surface area contributed by atoms with Crippen molar-refractivity contribution in [3.8, 4) is 6.07 Å². The first-order valence-electron chi connectivity index (χ1n) is 4.05. The van der Waals surface area contributed by atoms with Crippen LogP contribution in [0.4, 0.5) is 0 Å². The highest BCUT2D eigenvalue weighted by atomic mass is 15.1. The number of nitrogens with zero attached hydrogens (tertiary/aromatic N) is 2. The van der Waals surface area contributed by atoms with Crippen LogP contribution in [0, 0.1) is 11.3 Å². The van der Waals surface area contributed by atoms with E-state index in [2.05, 4.69) is 11.0 Å². The van der Waals surface area contributed by atoms with Crippen molar-refractivity contribution in [1.29, 1.82) is 5.26 Å². The molecule has 0 atom stereocenters. The standard InChI is InChI=1S/C9H14N2/c1-11(2)9-6-4-3-5-8(9)7-10/h3-6H2,1-2H3. The normalized spacial score (nSPS) is 17.9. The van der Waals surface area contributed by atoms with Gasteiger partial charge in [0.05, 0.1) is 6.07 Å². The number of allylic oxidation sites excluding steroid dienone is 2. The Kier molecular flexibility index (Phi) is 2.53. The molecule has 0 saturated carbocycles. The SMILES string of the molecule is CN(C)C1=C(C#N)CCCC1. The number of rotatable bonds is 1. The minimum Gasteiger partial charge on any atom is -0.380 e. The molecule has 1 aliphatic carbocycles. The summed E-state index contributed by atoms with van der Waals surface area (Å²) in [5.41, 5.74) is 2.22. The van der Waals surface area contributed by atoms with Gasteiger partial charge in [0, 0.05) is 25.4 Å². The van der Waals surface area contributed by atoms with Gasteiger partial charge >= 0.3 is 0 Å². The summed E-state index contributed by atoms with van der Waals surface area (Å²) >= 11 is 0. The van der Waals surface area contributed by atoms with Gasteiger partial charge < -0.3 is 4.90 Å². The van der Waals surface area contributed by atoms with E-state index in [-0.39, 0.29) is 0 Å². The molecule has 0 unspecified atom stereocenters. The minimum atomic E-state index is 0.976. The maximum absolute atomic E-state index is 8.78. The average Bonchev–Trinajstić information content (AvgIpc) is 2.04. The van der Waals surface area contributed by atoms with Crippen molar-refractivity contribution < 1.29 is 0 Å². The molecular formula is C9H14N2. The Hall–Kier alpha value is -0.970. The molecule has 0 aromatic rings. The molecule has 0 radical (unpaired) electrons. The lowest BCUT2D eigenvalue weighted by atomic mass is 9.97. The molecule has 1 aliphatic rings. The van der Waals surface area contributed by atoms with Gasteiger partial charge in [0.15, 0.2) is 0 Å². The third kappa shape index (κ3) is 1.74. The lowest BCUT2D eigenvalue weighted by Gasteiger charge is -2.22. The van der Waals surface area contributed by atoms with E-state index in [0.29, 0.717) is 0 Å². The highest BCUT2D eigenvalue weighted by Crippen LogP contribution is 2.24. The third-order valence-electron chi connectivity index (χ3n) is 2.11. The van der Waals surface area contributed by atoms with Crippen molar-refractivity contribution in [3.63, 3.8) is 0 Å². The molecule has 0 aromatic heterocycles. The maximum atomic E-state index is 8.78. The fraction of sp³-hybridized carbons (Fsp3) is 0.667. The van der Waals surface area contributed by atoms with E-state index in [9.17, 15) is 0 Å². The summed E-state index contributed by atoms with van der Waals surface area (Å²) in [6.45, 7) is 0. The first-order chi connectivity index (χ1) is 5.25. The van der Waals surface area contributed by atoms with Crippen LogP contribution in [-0.4, -0.2) is 19.0 Å². The fourth-order valence-corrected chi connectivity index (χ4v) is 1.50. The molecule has 0 saturated heterocycles. The van der Waals surface area contributed by atoms with E-state index in [0.717, 1.165) is 18.4 Å². The zero-order valence-corrected chi connectivity index (χ0v) is 7.22. The van der Waals surface area contributed by atoms with E-state index < -0.39 is 0 Å². The summed E-state index contributed by atoms with van der Waals surface area (Å²) in [6, 6.07) is 2.27. The molecule has 0 bridgehead atoms. The zero-order valence-electron chi connectivity index (χ0n) is 7.22. The quantitative estimate of drug-likeness (QED) is 0.570. The van der Waals surface area contributed by atoms with Crippen molar-refractivity contribution >= 4 is 0 Å². The second-order valence-corrected chi connectivity index (χ2v) is 3.14. The molecule has 0 fully saturated rings. The monoisotopic (exact) mass is 150 g/mol. The molecule has 0 aliphatic heterocycles. The topological polar surface area (TPSA) is 27.0 Å². The van der Waals surface area contributed by atoms with Crippen molar-refractivity contribution in [3.05, 3.63) is 11.3 Å². The molecule has 0 spiro atoms. The van der Waals surface area contributed by atoms with Crippen LogP contribution in [0.3, 0.4) is 0 Å². The predicted octanol–water partition coefficient (Wildman–Crippen LogP) is 1.90. The molecule has 0 amide bonds. The second kappa shape index (κ2) is 3.43. The smallest absolute Gasteiger partial charge is 0.0965 e. The Morgan fingerprint density at radius 3 is 2.36 bits per heavy atom. The third-order valence-corrected chi connectivity index (χ3v) is 2.11. The lowest BCUT2D eigenvalue weighted by Crippen LogP contribution is -2.15. The molecule has 0 aromatic carbocycles. The molecule has 2 nitrogen and oxygen atoms in total. The van der Waals surface area contributed by atoms with E-state index in [1.165, 1.54) is 18.5 Å². The molecule has 2 heteroatoms. The van der Waals surface area contributed by atoms with Crippen LogP contribution >= 0.6 is 0 Å². The van der Waals surface area contributed by atoms with Gasteiger partial charge in [-0.15, -0.1) is 0 Å². The van der Waals surface area contributed by atoms with Crippen LogP contribution in [0.15, 0.2) is 11.3 Å². The first-order valence-corrected chi connectivity index (χ1v) is 4.05. The largest absolute Gasteiger partial charge is 0.380 e. The summed E-state index contributed by atoms with van der Waals surface area (Å²) < 4.78 is 0. The predicted molar refractivity (Wildman–Crippen MR) is 44.8 cm³/mol. The van der Waals surface area contributed by atoms with E-state index in [1.54, 1.807) is 0 Å². The van der Waals surface area contributed by atoms with Gasteiger partial charge in [-0.1, -0.05) is 0 Å². The fourth-order valence-electron chi connectivity index (χ4n) is 1.50. The van der Waals surface area contributed by atoms with Crippen LogP contribution in [0.5, 0.6) is 0 Å². The summed E-state index contributed by atoms with van der Waals surface area (Å²) in [6.07, 6.45) is 4.47. The molecule has 1 rings (SSSR count). The second-order valence-electron chi connectivity index (χ2n) is 3.14. The van der Waals surface area contributed by atoms with E-state index >= 15 is 0 Å². The van der Waals surface area contributed by atoms with Gasteiger partial charge in [-0.25, -0.2) is 0 Å². The Bertz CT molecular complexity index is 208. The van der Waals surface area contributed by atoms with Gasteiger partial charge in [0.2, 0.25) is 0 Å². The summed E-state index contributed by atoms with van der Waals surface area (Å²) in [5, 5.41) is 8.78.